The van der Waals surface area contributed by atoms with Crippen molar-refractivity contribution in [2.45, 2.75) is 32.7 Å². The molecule has 106 valence electrons. The van der Waals surface area contributed by atoms with Crippen LogP contribution in [0.25, 0.3) is 0 Å². The molecule has 0 fully saturated rings. The van der Waals surface area contributed by atoms with Gasteiger partial charge < -0.3 is 16.0 Å². The van der Waals surface area contributed by atoms with Crippen LogP contribution < -0.4 is 11.1 Å². The number of carbonyl (C=O) groups is 2. The third-order valence-electron chi connectivity index (χ3n) is 2.78. The van der Waals surface area contributed by atoms with Crippen molar-refractivity contribution in [1.29, 1.82) is 0 Å². The molecule has 4 N–H and O–H groups in total. The number of anilines is 1. The minimum atomic E-state index is -0.624. The van der Waals surface area contributed by atoms with Gasteiger partial charge in [0.1, 0.15) is 6.04 Å². The molecule has 1 heterocycles. The second-order valence-corrected chi connectivity index (χ2v) is 4.98. The first kappa shape index (κ1) is 15.0. The SMILES string of the molecule is CC(NC(=O)c1n[nH]c(C(C)C)c1N)C(=O)N(C)C. The van der Waals surface area contributed by atoms with Gasteiger partial charge in [0.05, 0.1) is 11.4 Å². The molecule has 0 aliphatic carbocycles. The lowest BCUT2D eigenvalue weighted by Gasteiger charge is -2.17. The first-order valence-corrected chi connectivity index (χ1v) is 6.11. The van der Waals surface area contributed by atoms with Gasteiger partial charge in [-0.1, -0.05) is 13.8 Å². The monoisotopic (exact) mass is 267 g/mol. The molecule has 2 amide bonds. The predicted molar refractivity (Wildman–Crippen MR) is 72.7 cm³/mol. The summed E-state index contributed by atoms with van der Waals surface area (Å²) in [4.78, 5) is 25.1. The van der Waals surface area contributed by atoms with Crippen LogP contribution in [0.15, 0.2) is 0 Å². The van der Waals surface area contributed by atoms with Crippen LogP contribution in [0.5, 0.6) is 0 Å². The molecular formula is C12H21N5O2. The normalized spacial score (nSPS) is 12.3. The summed E-state index contributed by atoms with van der Waals surface area (Å²) in [5.41, 5.74) is 7.04. The molecule has 0 bridgehead atoms. The average molecular weight is 267 g/mol. The number of rotatable bonds is 4. The summed E-state index contributed by atoms with van der Waals surface area (Å²) >= 11 is 0. The molecule has 1 rings (SSSR count). The van der Waals surface area contributed by atoms with Crippen LogP contribution in [0.1, 0.15) is 42.9 Å². The number of carbonyl (C=O) groups excluding carboxylic acids is 2. The quantitative estimate of drug-likeness (QED) is 0.730. The Morgan fingerprint density at radius 2 is 1.89 bits per heavy atom. The highest BCUT2D eigenvalue weighted by molar-refractivity contribution is 6.00. The molecule has 0 aliphatic heterocycles. The molecule has 1 unspecified atom stereocenters. The summed E-state index contributed by atoms with van der Waals surface area (Å²) in [6.45, 7) is 5.51. The van der Waals surface area contributed by atoms with Crippen LogP contribution in [-0.4, -0.2) is 47.0 Å². The average Bonchev–Trinajstić information content (AvgIpc) is 2.69. The van der Waals surface area contributed by atoms with Gasteiger partial charge in [0.2, 0.25) is 5.91 Å². The standard InChI is InChI=1S/C12H21N5O2/c1-6(2)9-8(13)10(16-15-9)11(18)14-7(3)12(19)17(4)5/h6-7H,13H2,1-5H3,(H,14,18)(H,15,16). The molecule has 7 heteroatoms. The Kier molecular flexibility index (Phi) is 4.52. The number of hydrogen-bond donors (Lipinski definition) is 3. The molecule has 0 radical (unpaired) electrons. The number of amides is 2. The summed E-state index contributed by atoms with van der Waals surface area (Å²) in [5.74, 6) is -0.496. The molecule has 0 aromatic carbocycles. The van der Waals surface area contributed by atoms with E-state index in [-0.39, 0.29) is 17.5 Å². The van der Waals surface area contributed by atoms with Crippen LogP contribution in [0.2, 0.25) is 0 Å². The fourth-order valence-electron chi connectivity index (χ4n) is 1.69. The third-order valence-corrected chi connectivity index (χ3v) is 2.78. The first-order valence-electron chi connectivity index (χ1n) is 6.11. The number of hydrogen-bond acceptors (Lipinski definition) is 4. The van der Waals surface area contributed by atoms with E-state index in [0.717, 1.165) is 5.69 Å². The van der Waals surface area contributed by atoms with Gasteiger partial charge in [-0.3, -0.25) is 14.7 Å². The molecule has 0 saturated heterocycles. The Hall–Kier alpha value is -2.05. The van der Waals surface area contributed by atoms with Crippen molar-refractivity contribution in [1.82, 2.24) is 20.4 Å². The fourth-order valence-corrected chi connectivity index (χ4v) is 1.69. The Labute approximate surface area is 112 Å². The van der Waals surface area contributed by atoms with E-state index in [0.29, 0.717) is 5.69 Å². The molecular weight excluding hydrogens is 246 g/mol. The zero-order valence-electron chi connectivity index (χ0n) is 11.9. The molecule has 1 atom stereocenters. The van der Waals surface area contributed by atoms with Crippen molar-refractivity contribution < 1.29 is 9.59 Å². The van der Waals surface area contributed by atoms with E-state index in [1.807, 2.05) is 13.8 Å². The van der Waals surface area contributed by atoms with Crippen molar-refractivity contribution in [3.8, 4) is 0 Å². The van der Waals surface area contributed by atoms with Crippen molar-refractivity contribution in [2.24, 2.45) is 0 Å². The van der Waals surface area contributed by atoms with E-state index in [1.54, 1.807) is 21.0 Å². The highest BCUT2D eigenvalue weighted by Gasteiger charge is 2.23. The van der Waals surface area contributed by atoms with Crippen LogP contribution in [0.3, 0.4) is 0 Å². The number of likely N-dealkylation sites (N-methyl/N-ethyl adjacent to an activating group) is 1. The highest BCUT2D eigenvalue weighted by Crippen LogP contribution is 2.21. The maximum Gasteiger partial charge on any atom is 0.274 e. The van der Waals surface area contributed by atoms with Gasteiger partial charge in [-0.05, 0) is 12.8 Å². The van der Waals surface area contributed by atoms with Gasteiger partial charge in [0.25, 0.3) is 5.91 Å². The molecule has 1 aromatic heterocycles. The number of H-pyrrole nitrogens is 1. The topological polar surface area (TPSA) is 104 Å². The second-order valence-electron chi connectivity index (χ2n) is 4.98. The van der Waals surface area contributed by atoms with E-state index in [9.17, 15) is 9.59 Å². The molecule has 0 saturated carbocycles. The zero-order valence-corrected chi connectivity index (χ0v) is 11.9. The smallest absolute Gasteiger partial charge is 0.274 e. The van der Waals surface area contributed by atoms with Gasteiger partial charge >= 0.3 is 0 Å². The minimum Gasteiger partial charge on any atom is -0.395 e. The maximum absolute atomic E-state index is 12.0. The van der Waals surface area contributed by atoms with Crippen LogP contribution in [0.4, 0.5) is 5.69 Å². The van der Waals surface area contributed by atoms with Gasteiger partial charge in [0.15, 0.2) is 5.69 Å². The van der Waals surface area contributed by atoms with Crippen molar-refractivity contribution >= 4 is 17.5 Å². The van der Waals surface area contributed by atoms with Crippen molar-refractivity contribution in [3.05, 3.63) is 11.4 Å². The predicted octanol–water partition coefficient (Wildman–Crippen LogP) is 0.322. The molecule has 1 aromatic rings. The van der Waals surface area contributed by atoms with Gasteiger partial charge in [-0.15, -0.1) is 0 Å². The zero-order chi connectivity index (χ0) is 14.7. The summed E-state index contributed by atoms with van der Waals surface area (Å²) < 4.78 is 0. The van der Waals surface area contributed by atoms with Crippen LogP contribution in [-0.2, 0) is 4.79 Å². The number of nitrogens with one attached hydrogen (secondary N) is 2. The molecule has 0 aliphatic rings. The lowest BCUT2D eigenvalue weighted by atomic mass is 10.1. The minimum absolute atomic E-state index is 0.127. The van der Waals surface area contributed by atoms with E-state index < -0.39 is 11.9 Å². The van der Waals surface area contributed by atoms with Crippen molar-refractivity contribution in [3.63, 3.8) is 0 Å². The number of aromatic nitrogens is 2. The summed E-state index contributed by atoms with van der Waals surface area (Å²) in [5, 5.41) is 9.23. The number of nitrogens with two attached hydrogens (primary N) is 1. The molecule has 0 spiro atoms. The summed E-state index contributed by atoms with van der Waals surface area (Å²) in [7, 11) is 3.26. The fraction of sp³-hybridized carbons (Fsp3) is 0.583. The highest BCUT2D eigenvalue weighted by atomic mass is 16.2. The van der Waals surface area contributed by atoms with Crippen LogP contribution in [0, 0.1) is 0 Å². The number of nitrogen functional groups attached to an aromatic ring is 1. The maximum atomic E-state index is 12.0. The Balaban J connectivity index is 2.82. The Morgan fingerprint density at radius 3 is 2.32 bits per heavy atom. The molecule has 7 nitrogen and oxygen atoms in total. The lowest BCUT2D eigenvalue weighted by molar-refractivity contribution is -0.130. The van der Waals surface area contributed by atoms with E-state index in [1.165, 1.54) is 4.90 Å². The first-order chi connectivity index (χ1) is 8.75. The third kappa shape index (κ3) is 3.24. The van der Waals surface area contributed by atoms with E-state index in [2.05, 4.69) is 15.5 Å². The second kappa shape index (κ2) is 5.73. The van der Waals surface area contributed by atoms with Crippen LogP contribution >= 0.6 is 0 Å². The number of nitrogens with zero attached hydrogens (tertiary/aromatic N) is 2. The van der Waals surface area contributed by atoms with Gasteiger partial charge in [-0.25, -0.2) is 0 Å². The number of aromatic amines is 1. The lowest BCUT2D eigenvalue weighted by Crippen LogP contribution is -2.44. The summed E-state index contributed by atoms with van der Waals surface area (Å²) in [6, 6.07) is -0.624. The van der Waals surface area contributed by atoms with E-state index >= 15 is 0 Å². The van der Waals surface area contributed by atoms with Gasteiger partial charge in [0, 0.05) is 14.1 Å². The Bertz CT molecular complexity index is 478. The Morgan fingerprint density at radius 1 is 1.32 bits per heavy atom. The summed E-state index contributed by atoms with van der Waals surface area (Å²) in [6.07, 6.45) is 0. The van der Waals surface area contributed by atoms with Gasteiger partial charge in [-0.2, -0.15) is 5.10 Å². The largest absolute Gasteiger partial charge is 0.395 e. The van der Waals surface area contributed by atoms with Crippen molar-refractivity contribution in [2.75, 3.05) is 19.8 Å². The van der Waals surface area contributed by atoms with E-state index in [4.69, 9.17) is 5.73 Å². The molecule has 19 heavy (non-hydrogen) atoms.